The maximum absolute atomic E-state index is 10.5. The summed E-state index contributed by atoms with van der Waals surface area (Å²) in [7, 11) is 0. The number of pyridine rings is 1. The van der Waals surface area contributed by atoms with Crippen LogP contribution in [0.3, 0.4) is 0 Å². The van der Waals surface area contributed by atoms with Gasteiger partial charge >= 0.3 is 0 Å². The zero-order valence-electron chi connectivity index (χ0n) is 14.1. The Labute approximate surface area is 151 Å². The summed E-state index contributed by atoms with van der Waals surface area (Å²) in [5, 5.41) is 25.1. The fraction of sp³-hybridized carbons (Fsp3) is 0.143. The van der Waals surface area contributed by atoms with Crippen molar-refractivity contribution < 1.29 is 5.11 Å². The molecule has 1 atom stereocenters. The van der Waals surface area contributed by atoms with Crippen LogP contribution < -0.4 is 5.32 Å². The molecule has 0 aliphatic rings. The molecule has 4 aromatic rings. The van der Waals surface area contributed by atoms with Crippen LogP contribution in [0.15, 0.2) is 67.0 Å². The van der Waals surface area contributed by atoms with Gasteiger partial charge in [0.25, 0.3) is 0 Å². The number of hydrogen-bond donors (Lipinski definition) is 2. The van der Waals surface area contributed by atoms with Gasteiger partial charge in [-0.1, -0.05) is 36.4 Å². The van der Waals surface area contributed by atoms with E-state index in [-0.39, 0.29) is 0 Å². The Kier molecular flexibility index (Phi) is 4.36. The summed E-state index contributed by atoms with van der Waals surface area (Å²) in [6.07, 6.45) is 2.97. The molecule has 0 saturated heterocycles. The molecule has 0 radical (unpaired) electrons. The molecule has 0 amide bonds. The number of hydrogen-bond acceptors (Lipinski definition) is 4. The highest BCUT2D eigenvalue weighted by Gasteiger charge is 2.09. The van der Waals surface area contributed by atoms with Crippen LogP contribution in [0.1, 0.15) is 22.9 Å². The maximum Gasteiger partial charge on any atom is 0.137 e. The number of fused-ring (bicyclic) bond motifs is 2. The van der Waals surface area contributed by atoms with E-state index in [2.05, 4.69) is 22.4 Å². The van der Waals surface area contributed by atoms with Crippen LogP contribution in [0.5, 0.6) is 0 Å². The molecule has 4 rings (SSSR count). The zero-order valence-corrected chi connectivity index (χ0v) is 14.1. The van der Waals surface area contributed by atoms with Crippen molar-refractivity contribution in [3.8, 4) is 6.07 Å². The second kappa shape index (κ2) is 6.96. The van der Waals surface area contributed by atoms with Gasteiger partial charge in [0, 0.05) is 19.3 Å². The van der Waals surface area contributed by atoms with E-state index in [1.165, 1.54) is 0 Å². The first-order valence-corrected chi connectivity index (χ1v) is 8.48. The topological polar surface area (TPSA) is 73.3 Å². The first-order valence-electron chi connectivity index (χ1n) is 8.48. The van der Waals surface area contributed by atoms with Crippen molar-refractivity contribution >= 4 is 16.4 Å². The van der Waals surface area contributed by atoms with E-state index in [1.807, 2.05) is 46.9 Å². The highest BCUT2D eigenvalue weighted by Crippen LogP contribution is 2.20. The van der Waals surface area contributed by atoms with Crippen LogP contribution >= 0.6 is 0 Å². The fourth-order valence-corrected chi connectivity index (χ4v) is 3.10. The average molecular weight is 342 g/mol. The number of nitriles is 1. The van der Waals surface area contributed by atoms with Crippen molar-refractivity contribution in [2.45, 2.75) is 12.6 Å². The lowest BCUT2D eigenvalue weighted by Gasteiger charge is -2.13. The zero-order chi connectivity index (χ0) is 17.9. The first kappa shape index (κ1) is 16.3. The molecule has 2 aromatic carbocycles. The van der Waals surface area contributed by atoms with Gasteiger partial charge in [0.2, 0.25) is 0 Å². The third-order valence-electron chi connectivity index (χ3n) is 4.51. The van der Waals surface area contributed by atoms with Crippen molar-refractivity contribution in [1.29, 1.82) is 5.26 Å². The maximum atomic E-state index is 10.5. The summed E-state index contributed by atoms with van der Waals surface area (Å²) in [6, 6.07) is 19.8. The van der Waals surface area contributed by atoms with Gasteiger partial charge in [-0.05, 0) is 34.5 Å². The predicted octanol–water partition coefficient (Wildman–Crippen LogP) is 3.18. The van der Waals surface area contributed by atoms with Crippen LogP contribution in [0, 0.1) is 11.3 Å². The van der Waals surface area contributed by atoms with Gasteiger partial charge in [-0.2, -0.15) is 5.26 Å². The number of aliphatic hydroxyl groups is 1. The van der Waals surface area contributed by atoms with Gasteiger partial charge in [0.1, 0.15) is 11.7 Å². The number of nitrogens with one attached hydrogen (secondary N) is 1. The summed E-state index contributed by atoms with van der Waals surface area (Å²) in [4.78, 5) is 4.34. The van der Waals surface area contributed by atoms with Gasteiger partial charge < -0.3 is 14.8 Å². The van der Waals surface area contributed by atoms with E-state index >= 15 is 0 Å². The Morgan fingerprint density at radius 2 is 1.96 bits per heavy atom. The summed E-state index contributed by atoms with van der Waals surface area (Å²) in [6.45, 7) is 0.990. The van der Waals surface area contributed by atoms with E-state index in [1.54, 1.807) is 18.5 Å². The van der Waals surface area contributed by atoms with Crippen LogP contribution in [0.25, 0.3) is 16.4 Å². The molecular formula is C21H18N4O. The highest BCUT2D eigenvalue weighted by molar-refractivity contribution is 5.83. The Hall–Kier alpha value is -3.20. The fourth-order valence-electron chi connectivity index (χ4n) is 3.10. The van der Waals surface area contributed by atoms with Crippen molar-refractivity contribution in [3.63, 3.8) is 0 Å². The second-order valence-corrected chi connectivity index (χ2v) is 6.26. The van der Waals surface area contributed by atoms with Crippen molar-refractivity contribution in [1.82, 2.24) is 14.7 Å². The minimum absolute atomic E-state index is 0.434. The molecule has 5 heteroatoms. The third-order valence-corrected chi connectivity index (χ3v) is 4.51. The quantitative estimate of drug-likeness (QED) is 0.584. The third kappa shape index (κ3) is 3.16. The van der Waals surface area contributed by atoms with Crippen molar-refractivity contribution in [3.05, 3.63) is 83.8 Å². The van der Waals surface area contributed by atoms with Gasteiger partial charge in [-0.3, -0.25) is 0 Å². The Morgan fingerprint density at radius 1 is 1.12 bits per heavy atom. The summed E-state index contributed by atoms with van der Waals surface area (Å²) >= 11 is 0. The predicted molar refractivity (Wildman–Crippen MR) is 101 cm³/mol. The van der Waals surface area contributed by atoms with Crippen LogP contribution in [0.4, 0.5) is 0 Å². The number of aliphatic hydroxyl groups excluding tert-OH is 1. The van der Waals surface area contributed by atoms with Gasteiger partial charge in [-0.25, -0.2) is 4.98 Å². The van der Waals surface area contributed by atoms with Crippen molar-refractivity contribution in [2.75, 3.05) is 6.54 Å². The first-order chi connectivity index (χ1) is 12.7. The largest absolute Gasteiger partial charge is 0.387 e. The molecule has 0 bridgehead atoms. The number of imidazole rings is 1. The van der Waals surface area contributed by atoms with Crippen LogP contribution in [-0.4, -0.2) is 21.0 Å². The van der Waals surface area contributed by atoms with Crippen molar-refractivity contribution in [2.24, 2.45) is 0 Å². The normalized spacial score (nSPS) is 12.3. The van der Waals surface area contributed by atoms with Gasteiger partial charge in [0.15, 0.2) is 0 Å². The molecule has 2 aromatic heterocycles. The summed E-state index contributed by atoms with van der Waals surface area (Å²) in [5.41, 5.74) is 3.23. The summed E-state index contributed by atoms with van der Waals surface area (Å²) < 4.78 is 1.90. The van der Waals surface area contributed by atoms with Gasteiger partial charge in [0.05, 0.1) is 23.6 Å². The molecule has 1 unspecified atom stereocenters. The molecule has 128 valence electrons. The SMILES string of the molecule is N#Cc1ccc2ncc(CNCC(O)c3ccc4ccccc4c3)n2c1. The number of aromatic nitrogens is 2. The number of rotatable bonds is 5. The molecular weight excluding hydrogens is 324 g/mol. The summed E-state index contributed by atoms with van der Waals surface area (Å²) in [5.74, 6) is 0. The highest BCUT2D eigenvalue weighted by atomic mass is 16.3. The standard InChI is InChI=1S/C21H18N4O/c22-10-15-5-8-21-24-12-19(25(21)14-15)11-23-13-20(26)18-7-6-16-3-1-2-4-17(16)9-18/h1-9,12,14,20,23,26H,11,13H2. The molecule has 0 aliphatic heterocycles. The average Bonchev–Trinajstić information content (AvgIpc) is 3.09. The monoisotopic (exact) mass is 342 g/mol. The lowest BCUT2D eigenvalue weighted by atomic mass is 10.0. The molecule has 0 aliphatic carbocycles. The van der Waals surface area contributed by atoms with Gasteiger partial charge in [-0.15, -0.1) is 0 Å². The second-order valence-electron chi connectivity index (χ2n) is 6.26. The number of nitrogens with zero attached hydrogens (tertiary/aromatic N) is 3. The molecule has 2 N–H and O–H groups in total. The molecule has 2 heterocycles. The minimum Gasteiger partial charge on any atom is -0.387 e. The lowest BCUT2D eigenvalue weighted by molar-refractivity contribution is 0.174. The molecule has 26 heavy (non-hydrogen) atoms. The molecule has 5 nitrogen and oxygen atoms in total. The molecule has 0 saturated carbocycles. The van der Waals surface area contributed by atoms with Crippen LogP contribution in [-0.2, 0) is 6.54 Å². The Morgan fingerprint density at radius 3 is 2.81 bits per heavy atom. The Bertz CT molecular complexity index is 1110. The van der Waals surface area contributed by atoms with E-state index < -0.39 is 6.10 Å². The van der Waals surface area contributed by atoms with E-state index in [4.69, 9.17) is 5.26 Å². The lowest BCUT2D eigenvalue weighted by Crippen LogP contribution is -2.21. The van der Waals surface area contributed by atoms with E-state index in [0.717, 1.165) is 27.7 Å². The molecule has 0 fully saturated rings. The Balaban J connectivity index is 1.44. The van der Waals surface area contributed by atoms with E-state index in [9.17, 15) is 5.11 Å². The van der Waals surface area contributed by atoms with Crippen LogP contribution in [0.2, 0.25) is 0 Å². The molecule has 0 spiro atoms. The number of benzene rings is 2. The smallest absolute Gasteiger partial charge is 0.137 e. The van der Waals surface area contributed by atoms with E-state index in [0.29, 0.717) is 18.7 Å². The minimum atomic E-state index is -0.589.